The van der Waals surface area contributed by atoms with Gasteiger partial charge in [-0.05, 0) is 60.8 Å². The molecule has 1 aliphatic rings. The van der Waals surface area contributed by atoms with Crippen LogP contribution in [0.4, 0.5) is 0 Å². The predicted octanol–water partition coefficient (Wildman–Crippen LogP) is 5.23. The Morgan fingerprint density at radius 1 is 1.03 bits per heavy atom. The van der Waals surface area contributed by atoms with Gasteiger partial charge in [-0.15, -0.1) is 0 Å². The quantitative estimate of drug-likeness (QED) is 0.451. The highest BCUT2D eigenvalue weighted by molar-refractivity contribution is 6.37. The van der Waals surface area contributed by atoms with Crippen LogP contribution in [-0.4, -0.2) is 59.8 Å². The number of amides is 1. The third-order valence-electron chi connectivity index (χ3n) is 6.82. The van der Waals surface area contributed by atoms with Gasteiger partial charge >= 0.3 is 5.97 Å². The van der Waals surface area contributed by atoms with Crippen LogP contribution in [-0.2, 0) is 4.79 Å². The molecule has 1 heterocycles. The number of likely N-dealkylation sites (tertiary alicyclic amines) is 1. The summed E-state index contributed by atoms with van der Waals surface area (Å²) in [5.74, 6) is 0.479. The van der Waals surface area contributed by atoms with Crippen molar-refractivity contribution in [3.8, 4) is 0 Å². The van der Waals surface area contributed by atoms with E-state index >= 15 is 0 Å². The van der Waals surface area contributed by atoms with Gasteiger partial charge < -0.3 is 14.9 Å². The van der Waals surface area contributed by atoms with Crippen molar-refractivity contribution in [1.82, 2.24) is 9.80 Å². The summed E-state index contributed by atoms with van der Waals surface area (Å²) >= 11 is 0. The first-order valence-corrected chi connectivity index (χ1v) is 12.2. The number of carboxylic acids is 1. The fraction of sp³-hybridized carbons (Fsp3) is 0.464. The van der Waals surface area contributed by atoms with E-state index in [4.69, 9.17) is 0 Å². The van der Waals surface area contributed by atoms with E-state index < -0.39 is 5.97 Å². The number of aromatic carboxylic acids is 1. The molecule has 6 heteroatoms. The number of amidine groups is 1. The van der Waals surface area contributed by atoms with Crippen molar-refractivity contribution in [3.05, 3.63) is 71.3 Å². The number of hydrogen-bond acceptors (Lipinski definition) is 3. The van der Waals surface area contributed by atoms with Gasteiger partial charge in [-0.2, -0.15) is 0 Å². The largest absolute Gasteiger partial charge is 0.478 e. The van der Waals surface area contributed by atoms with Crippen LogP contribution in [0.15, 0.2) is 59.6 Å². The maximum absolute atomic E-state index is 13.6. The molecule has 1 fully saturated rings. The second kappa shape index (κ2) is 11.8. The van der Waals surface area contributed by atoms with Crippen molar-refractivity contribution in [2.75, 3.05) is 27.2 Å². The van der Waals surface area contributed by atoms with Crippen LogP contribution in [0.3, 0.4) is 0 Å². The number of carbonyl (C=O) groups excluding carboxylic acids is 1. The molecule has 2 aromatic carbocycles. The van der Waals surface area contributed by atoms with E-state index in [9.17, 15) is 14.7 Å². The van der Waals surface area contributed by atoms with E-state index in [1.165, 1.54) is 5.56 Å². The zero-order valence-electron chi connectivity index (χ0n) is 20.8. The molecule has 0 saturated carbocycles. The zero-order chi connectivity index (χ0) is 24.7. The number of likely N-dealkylation sites (N-methyl/N-ethyl adjacent to an activating group) is 1. The van der Waals surface area contributed by atoms with Crippen LogP contribution in [0.1, 0.15) is 73.0 Å². The fourth-order valence-electron chi connectivity index (χ4n) is 4.74. The van der Waals surface area contributed by atoms with Crippen LogP contribution in [0, 0.1) is 5.92 Å². The molecule has 0 spiro atoms. The van der Waals surface area contributed by atoms with E-state index in [1.54, 1.807) is 24.1 Å². The lowest BCUT2D eigenvalue weighted by molar-refractivity contribution is -0.126. The first-order chi connectivity index (χ1) is 16.3. The topological polar surface area (TPSA) is 73.2 Å². The molecule has 0 unspecified atom stereocenters. The smallest absolute Gasteiger partial charge is 0.335 e. The molecule has 0 aliphatic carbocycles. The SMILES string of the molecule is CN=C(C(=O)N(C)[C@H](CCC(C)C)c1ccc(C(=O)O)cc1)N1CCC(c2ccccc2)CC1. The summed E-state index contributed by atoms with van der Waals surface area (Å²) in [6.45, 7) is 5.94. The summed E-state index contributed by atoms with van der Waals surface area (Å²) < 4.78 is 0. The Balaban J connectivity index is 1.73. The van der Waals surface area contributed by atoms with Gasteiger partial charge in [0.15, 0.2) is 5.84 Å². The zero-order valence-corrected chi connectivity index (χ0v) is 20.8. The summed E-state index contributed by atoms with van der Waals surface area (Å²) in [5.41, 5.74) is 2.55. The van der Waals surface area contributed by atoms with E-state index in [1.807, 2.05) is 25.2 Å². The van der Waals surface area contributed by atoms with Crippen molar-refractivity contribution in [2.24, 2.45) is 10.9 Å². The first kappa shape index (κ1) is 25.5. The third kappa shape index (κ3) is 6.25. The van der Waals surface area contributed by atoms with Gasteiger partial charge in [0.2, 0.25) is 0 Å². The van der Waals surface area contributed by atoms with E-state index in [0.29, 0.717) is 17.7 Å². The van der Waals surface area contributed by atoms with E-state index in [-0.39, 0.29) is 17.5 Å². The lowest BCUT2D eigenvalue weighted by Crippen LogP contribution is -2.47. The molecule has 1 atom stereocenters. The number of benzene rings is 2. The second-order valence-corrected chi connectivity index (χ2v) is 9.55. The Kier molecular flexibility index (Phi) is 8.85. The van der Waals surface area contributed by atoms with Crippen molar-refractivity contribution in [1.29, 1.82) is 0 Å². The van der Waals surface area contributed by atoms with Crippen LogP contribution in [0.5, 0.6) is 0 Å². The second-order valence-electron chi connectivity index (χ2n) is 9.55. The Morgan fingerprint density at radius 2 is 1.65 bits per heavy atom. The average molecular weight is 464 g/mol. The first-order valence-electron chi connectivity index (χ1n) is 12.2. The highest BCUT2D eigenvalue weighted by Crippen LogP contribution is 2.30. The summed E-state index contributed by atoms with van der Waals surface area (Å²) in [4.78, 5) is 33.2. The predicted molar refractivity (Wildman–Crippen MR) is 136 cm³/mol. The molecular formula is C28H37N3O3. The van der Waals surface area contributed by atoms with Gasteiger partial charge in [0.05, 0.1) is 11.6 Å². The lowest BCUT2D eigenvalue weighted by atomic mass is 9.89. The van der Waals surface area contributed by atoms with Gasteiger partial charge in [-0.25, -0.2) is 4.79 Å². The van der Waals surface area contributed by atoms with Crippen LogP contribution >= 0.6 is 0 Å². The number of aliphatic imine (C=N–C) groups is 1. The summed E-state index contributed by atoms with van der Waals surface area (Å²) in [6.07, 6.45) is 3.75. The molecule has 1 saturated heterocycles. The van der Waals surface area contributed by atoms with Crippen LogP contribution < -0.4 is 0 Å². The molecule has 2 aromatic rings. The van der Waals surface area contributed by atoms with Crippen molar-refractivity contribution < 1.29 is 14.7 Å². The minimum Gasteiger partial charge on any atom is -0.478 e. The molecule has 182 valence electrons. The number of carbonyl (C=O) groups is 2. The molecule has 0 aromatic heterocycles. The van der Waals surface area contributed by atoms with Gasteiger partial charge in [-0.3, -0.25) is 9.79 Å². The fourth-order valence-corrected chi connectivity index (χ4v) is 4.74. The normalized spacial score (nSPS) is 15.9. The minimum absolute atomic E-state index is 0.0864. The Bertz CT molecular complexity index is 978. The van der Waals surface area contributed by atoms with Gasteiger partial charge in [0, 0.05) is 27.2 Å². The highest BCUT2D eigenvalue weighted by Gasteiger charge is 2.31. The highest BCUT2D eigenvalue weighted by atomic mass is 16.4. The number of piperidine rings is 1. The van der Waals surface area contributed by atoms with Crippen molar-refractivity contribution in [2.45, 2.75) is 51.5 Å². The molecule has 6 nitrogen and oxygen atoms in total. The van der Waals surface area contributed by atoms with Crippen molar-refractivity contribution >= 4 is 17.7 Å². The van der Waals surface area contributed by atoms with Gasteiger partial charge in [0.25, 0.3) is 5.91 Å². The standard InChI is InChI=1S/C28H37N3O3/c1-20(2)10-15-25(23-11-13-24(14-12-23)28(33)34)30(4)27(32)26(29-3)31-18-16-22(17-19-31)21-8-6-5-7-9-21/h5-9,11-14,20,22,25H,10,15-19H2,1-4H3,(H,33,34)/t25-/m1/s1. The Morgan fingerprint density at radius 3 is 2.18 bits per heavy atom. The minimum atomic E-state index is -0.950. The summed E-state index contributed by atoms with van der Waals surface area (Å²) in [7, 11) is 3.52. The van der Waals surface area contributed by atoms with Crippen molar-refractivity contribution in [3.63, 3.8) is 0 Å². The third-order valence-corrected chi connectivity index (χ3v) is 6.82. The molecule has 1 amide bonds. The molecule has 1 N–H and O–H groups in total. The maximum Gasteiger partial charge on any atom is 0.335 e. The molecular weight excluding hydrogens is 426 g/mol. The Hall–Kier alpha value is -3.15. The Labute approximate surface area is 203 Å². The number of nitrogens with zero attached hydrogens (tertiary/aromatic N) is 3. The molecule has 0 bridgehead atoms. The maximum atomic E-state index is 13.6. The molecule has 3 rings (SSSR count). The van der Waals surface area contributed by atoms with Gasteiger partial charge in [-0.1, -0.05) is 56.3 Å². The molecule has 1 aliphatic heterocycles. The van der Waals surface area contributed by atoms with Crippen LogP contribution in [0.2, 0.25) is 0 Å². The number of rotatable bonds is 7. The summed E-state index contributed by atoms with van der Waals surface area (Å²) in [6, 6.07) is 17.3. The monoisotopic (exact) mass is 463 g/mol. The lowest BCUT2D eigenvalue weighted by Gasteiger charge is -2.36. The number of hydrogen-bond donors (Lipinski definition) is 1. The molecule has 0 radical (unpaired) electrons. The van der Waals surface area contributed by atoms with E-state index in [0.717, 1.165) is 44.3 Å². The number of carboxylic acid groups (broad SMARTS) is 1. The summed E-state index contributed by atoms with van der Waals surface area (Å²) in [5, 5.41) is 9.24. The van der Waals surface area contributed by atoms with E-state index in [2.05, 4.69) is 48.0 Å². The van der Waals surface area contributed by atoms with Crippen LogP contribution in [0.25, 0.3) is 0 Å². The average Bonchev–Trinajstić information content (AvgIpc) is 2.85. The van der Waals surface area contributed by atoms with Gasteiger partial charge in [0.1, 0.15) is 0 Å². The molecule has 34 heavy (non-hydrogen) atoms.